The Balaban J connectivity index is 1.43. The molecule has 3 aromatic rings. The molecule has 6 nitrogen and oxygen atoms in total. The third-order valence-corrected chi connectivity index (χ3v) is 5.58. The number of halogens is 1. The number of hydrogen-bond donors (Lipinski definition) is 0. The van der Waals surface area contributed by atoms with E-state index < -0.39 is 0 Å². The maximum Gasteiger partial charge on any atom is 0.228 e. The van der Waals surface area contributed by atoms with Crippen LogP contribution in [0.1, 0.15) is 37.3 Å². The molecule has 3 aromatic heterocycles. The van der Waals surface area contributed by atoms with Crippen LogP contribution in [0.5, 0.6) is 0 Å². The van der Waals surface area contributed by atoms with Gasteiger partial charge in [-0.2, -0.15) is 0 Å². The van der Waals surface area contributed by atoms with Crippen molar-refractivity contribution in [2.24, 2.45) is 5.92 Å². The Hall–Kier alpha value is -2.83. The highest BCUT2D eigenvalue weighted by Crippen LogP contribution is 2.25. The van der Waals surface area contributed by atoms with E-state index in [2.05, 4.69) is 15.0 Å². The smallest absolute Gasteiger partial charge is 0.228 e. The number of oxazole rings is 1. The Morgan fingerprint density at radius 1 is 1.17 bits per heavy atom. The van der Waals surface area contributed by atoms with Gasteiger partial charge in [0.15, 0.2) is 11.7 Å². The molecule has 0 unspecified atom stereocenters. The van der Waals surface area contributed by atoms with Crippen LogP contribution in [0.15, 0.2) is 35.1 Å². The molecule has 1 aliphatic heterocycles. The maximum atomic E-state index is 12.7. The lowest BCUT2D eigenvalue weighted by Crippen LogP contribution is -2.39. The summed E-state index contributed by atoms with van der Waals surface area (Å²) >= 11 is 0. The van der Waals surface area contributed by atoms with E-state index in [0.717, 1.165) is 54.5 Å². The molecule has 0 aliphatic carbocycles. The molecule has 1 fully saturated rings. The predicted molar refractivity (Wildman–Crippen MR) is 108 cm³/mol. The van der Waals surface area contributed by atoms with E-state index in [1.165, 1.54) is 0 Å². The number of fused-ring (bicyclic) bond motifs is 1. The van der Waals surface area contributed by atoms with Crippen LogP contribution in [-0.2, 0) is 11.2 Å². The number of aryl methyl sites for hydroxylation is 1. The molecule has 152 valence electrons. The minimum absolute atomic E-state index is 0.0933. The molecular formula is C22H25FN4O2. The highest BCUT2D eigenvalue weighted by atomic mass is 19.1. The average molecular weight is 396 g/mol. The number of alkyl halides is 1. The number of likely N-dealkylation sites (tertiary alicyclic amines) is 1. The summed E-state index contributed by atoms with van der Waals surface area (Å²) in [6.45, 7) is 3.05. The Morgan fingerprint density at radius 2 is 2.00 bits per heavy atom. The first-order chi connectivity index (χ1) is 14.1. The van der Waals surface area contributed by atoms with Crippen LogP contribution >= 0.6 is 0 Å². The van der Waals surface area contributed by atoms with E-state index in [1.807, 2.05) is 17.0 Å². The summed E-state index contributed by atoms with van der Waals surface area (Å²) in [6.07, 6.45) is 8.87. The molecule has 4 rings (SSSR count). The van der Waals surface area contributed by atoms with Gasteiger partial charge in [0.05, 0.1) is 36.7 Å². The molecule has 4 heterocycles. The molecule has 1 saturated heterocycles. The summed E-state index contributed by atoms with van der Waals surface area (Å²) < 4.78 is 17.9. The number of hydrogen-bond acceptors (Lipinski definition) is 5. The van der Waals surface area contributed by atoms with Crippen molar-refractivity contribution in [2.75, 3.05) is 19.8 Å². The normalized spacial score (nSPS) is 15.2. The molecule has 0 atom stereocenters. The highest BCUT2D eigenvalue weighted by Gasteiger charge is 2.23. The predicted octanol–water partition coefficient (Wildman–Crippen LogP) is 4.12. The van der Waals surface area contributed by atoms with Crippen LogP contribution in [0.25, 0.3) is 22.2 Å². The molecule has 0 radical (unpaired) electrons. The second kappa shape index (κ2) is 8.68. The van der Waals surface area contributed by atoms with Gasteiger partial charge in [-0.1, -0.05) is 0 Å². The summed E-state index contributed by atoms with van der Waals surface area (Å²) in [4.78, 5) is 27.6. The Kier molecular flexibility index (Phi) is 5.83. The van der Waals surface area contributed by atoms with Gasteiger partial charge in [-0.15, -0.1) is 0 Å². The Labute approximate surface area is 169 Å². The van der Waals surface area contributed by atoms with Crippen molar-refractivity contribution in [3.05, 3.63) is 42.3 Å². The number of pyridine rings is 2. The van der Waals surface area contributed by atoms with Gasteiger partial charge < -0.3 is 9.32 Å². The average Bonchev–Trinajstić information content (AvgIpc) is 3.18. The zero-order valence-corrected chi connectivity index (χ0v) is 16.6. The largest absolute Gasteiger partial charge is 0.441 e. The standard InChI is InChI=1S/C22H25FN4O2/c1-15-24-14-21(29-15)18-9-17-10-19(25-13-20(17)26-12-18)11-22(28)27-7-4-16(5-8-27)3-2-6-23/h9-10,12-14,16H,2-8,11H2,1H3. The van der Waals surface area contributed by atoms with Crippen LogP contribution in [0.2, 0.25) is 0 Å². The molecule has 0 bridgehead atoms. The van der Waals surface area contributed by atoms with Crippen LogP contribution in [0.3, 0.4) is 0 Å². The SMILES string of the molecule is Cc1ncc(-c2cnc3cnc(CC(=O)N4CCC(CCCF)CC4)cc3c2)o1. The molecule has 0 saturated carbocycles. The Bertz CT molecular complexity index is 995. The quantitative estimate of drug-likeness (QED) is 0.627. The lowest BCUT2D eigenvalue weighted by atomic mass is 9.92. The highest BCUT2D eigenvalue weighted by molar-refractivity contribution is 5.84. The van der Waals surface area contributed by atoms with Crippen molar-refractivity contribution in [1.82, 2.24) is 19.9 Å². The molecule has 0 spiro atoms. The first kappa shape index (κ1) is 19.5. The minimum Gasteiger partial charge on any atom is -0.441 e. The topological polar surface area (TPSA) is 72.1 Å². The molecular weight excluding hydrogens is 371 g/mol. The van der Waals surface area contributed by atoms with Crippen molar-refractivity contribution in [3.63, 3.8) is 0 Å². The van der Waals surface area contributed by atoms with Crippen molar-refractivity contribution in [3.8, 4) is 11.3 Å². The Morgan fingerprint density at radius 3 is 2.72 bits per heavy atom. The second-order valence-electron chi connectivity index (χ2n) is 7.67. The molecule has 29 heavy (non-hydrogen) atoms. The molecule has 1 aliphatic rings. The molecule has 0 N–H and O–H groups in total. The zero-order chi connectivity index (χ0) is 20.2. The summed E-state index contributed by atoms with van der Waals surface area (Å²) in [5.41, 5.74) is 2.35. The summed E-state index contributed by atoms with van der Waals surface area (Å²) in [7, 11) is 0. The number of rotatable bonds is 6. The van der Waals surface area contributed by atoms with Gasteiger partial charge in [-0.25, -0.2) is 4.98 Å². The fraction of sp³-hybridized carbons (Fsp3) is 0.455. The van der Waals surface area contributed by atoms with Crippen LogP contribution in [0.4, 0.5) is 4.39 Å². The van der Waals surface area contributed by atoms with Gasteiger partial charge in [0, 0.05) is 37.2 Å². The second-order valence-corrected chi connectivity index (χ2v) is 7.67. The van der Waals surface area contributed by atoms with Gasteiger partial charge in [0.25, 0.3) is 0 Å². The first-order valence-electron chi connectivity index (χ1n) is 10.1. The molecule has 1 amide bonds. The number of nitrogens with zero attached hydrogens (tertiary/aromatic N) is 4. The molecule has 0 aromatic carbocycles. The van der Waals surface area contributed by atoms with Crippen molar-refractivity contribution < 1.29 is 13.6 Å². The van der Waals surface area contributed by atoms with Crippen molar-refractivity contribution in [1.29, 1.82) is 0 Å². The monoisotopic (exact) mass is 396 g/mol. The van der Waals surface area contributed by atoms with E-state index in [1.54, 1.807) is 25.5 Å². The summed E-state index contributed by atoms with van der Waals surface area (Å²) in [5, 5.41) is 0.916. The van der Waals surface area contributed by atoms with Gasteiger partial charge in [-0.3, -0.25) is 19.2 Å². The fourth-order valence-corrected chi connectivity index (χ4v) is 3.91. The minimum atomic E-state index is -0.251. The summed E-state index contributed by atoms with van der Waals surface area (Å²) in [5.74, 6) is 1.91. The van der Waals surface area contributed by atoms with E-state index >= 15 is 0 Å². The summed E-state index contributed by atoms with van der Waals surface area (Å²) in [6, 6.07) is 3.90. The number of carbonyl (C=O) groups is 1. The lowest BCUT2D eigenvalue weighted by molar-refractivity contribution is -0.131. The number of amides is 1. The third kappa shape index (κ3) is 4.60. The van der Waals surface area contributed by atoms with E-state index in [4.69, 9.17) is 4.42 Å². The van der Waals surface area contributed by atoms with Crippen LogP contribution in [-0.4, -0.2) is 45.5 Å². The fourth-order valence-electron chi connectivity index (χ4n) is 3.91. The number of carbonyl (C=O) groups excluding carboxylic acids is 1. The van der Waals surface area contributed by atoms with Gasteiger partial charge >= 0.3 is 0 Å². The van der Waals surface area contributed by atoms with E-state index in [-0.39, 0.29) is 19.0 Å². The van der Waals surface area contributed by atoms with Crippen LogP contribution < -0.4 is 0 Å². The van der Waals surface area contributed by atoms with Gasteiger partial charge in [0.1, 0.15) is 0 Å². The number of piperidine rings is 1. The van der Waals surface area contributed by atoms with E-state index in [0.29, 0.717) is 24.0 Å². The molecule has 7 heteroatoms. The number of aromatic nitrogens is 3. The maximum absolute atomic E-state index is 12.7. The third-order valence-electron chi connectivity index (χ3n) is 5.58. The van der Waals surface area contributed by atoms with E-state index in [9.17, 15) is 9.18 Å². The lowest BCUT2D eigenvalue weighted by Gasteiger charge is -2.32. The van der Waals surface area contributed by atoms with Gasteiger partial charge in [0.2, 0.25) is 5.91 Å². The van der Waals surface area contributed by atoms with Crippen molar-refractivity contribution in [2.45, 2.75) is 39.0 Å². The zero-order valence-electron chi connectivity index (χ0n) is 16.6. The first-order valence-corrected chi connectivity index (χ1v) is 10.1. The van der Waals surface area contributed by atoms with Crippen LogP contribution in [0, 0.1) is 12.8 Å². The van der Waals surface area contributed by atoms with Gasteiger partial charge in [-0.05, 0) is 43.7 Å². The van der Waals surface area contributed by atoms with Crippen molar-refractivity contribution >= 4 is 16.8 Å².